The zero-order chi connectivity index (χ0) is 18.4. The summed E-state index contributed by atoms with van der Waals surface area (Å²) < 4.78 is 4.60. The first-order valence-corrected chi connectivity index (χ1v) is 9.29. The van der Waals surface area contributed by atoms with Crippen molar-refractivity contribution in [3.05, 3.63) is 96.7 Å². The maximum atomic E-state index is 2.42. The number of benzene rings is 3. The summed E-state index contributed by atoms with van der Waals surface area (Å²) in [7, 11) is 2.10. The number of pyridine rings is 1. The van der Waals surface area contributed by atoms with Crippen molar-refractivity contribution < 1.29 is 4.57 Å². The highest BCUT2D eigenvalue weighted by molar-refractivity contribution is 6.10. The Morgan fingerprint density at radius 2 is 1.44 bits per heavy atom. The molecule has 0 unspecified atom stereocenters. The van der Waals surface area contributed by atoms with Gasteiger partial charge in [-0.15, -0.1) is 0 Å². The Hall–Kier alpha value is -3.39. The van der Waals surface area contributed by atoms with Gasteiger partial charge in [0, 0.05) is 22.9 Å². The van der Waals surface area contributed by atoms with Crippen LogP contribution in [0.3, 0.4) is 0 Å². The molecular weight excluding hydrogens is 328 g/mol. The first kappa shape index (κ1) is 15.8. The summed E-state index contributed by atoms with van der Waals surface area (Å²) >= 11 is 0. The Morgan fingerprint density at radius 1 is 0.704 bits per heavy atom. The topological polar surface area (TPSA) is 8.81 Å². The van der Waals surface area contributed by atoms with Crippen LogP contribution in [0.1, 0.15) is 5.56 Å². The minimum absolute atomic E-state index is 1.20. The van der Waals surface area contributed by atoms with Crippen LogP contribution in [0, 0.1) is 6.92 Å². The quantitative estimate of drug-likeness (QED) is 0.368. The molecule has 5 aromatic rings. The van der Waals surface area contributed by atoms with Crippen LogP contribution in [0.15, 0.2) is 91.1 Å². The van der Waals surface area contributed by atoms with Crippen LogP contribution in [-0.4, -0.2) is 4.57 Å². The third kappa shape index (κ3) is 2.37. The lowest BCUT2D eigenvalue weighted by atomic mass is 10.1. The van der Waals surface area contributed by atoms with Gasteiger partial charge in [-0.25, -0.2) is 4.57 Å². The molecule has 0 aliphatic heterocycles. The van der Waals surface area contributed by atoms with Crippen LogP contribution in [-0.2, 0) is 7.05 Å². The molecule has 2 nitrogen and oxygen atoms in total. The van der Waals surface area contributed by atoms with E-state index in [1.54, 1.807) is 0 Å². The Balaban J connectivity index is 1.95. The molecule has 0 fully saturated rings. The van der Waals surface area contributed by atoms with Gasteiger partial charge in [-0.3, -0.25) is 0 Å². The molecule has 0 bridgehead atoms. The van der Waals surface area contributed by atoms with Gasteiger partial charge in [-0.1, -0.05) is 48.5 Å². The highest BCUT2D eigenvalue weighted by Gasteiger charge is 2.19. The van der Waals surface area contributed by atoms with Crippen LogP contribution in [0.4, 0.5) is 0 Å². The maximum Gasteiger partial charge on any atom is 0.214 e. The average Bonchev–Trinajstić information content (AvgIpc) is 3.04. The Morgan fingerprint density at radius 3 is 2.33 bits per heavy atom. The van der Waals surface area contributed by atoms with E-state index in [1.165, 1.54) is 44.3 Å². The molecule has 0 amide bonds. The molecule has 27 heavy (non-hydrogen) atoms. The maximum absolute atomic E-state index is 2.42. The van der Waals surface area contributed by atoms with Gasteiger partial charge in [0.2, 0.25) is 5.69 Å². The molecule has 2 heteroatoms. The highest BCUT2D eigenvalue weighted by atomic mass is 15.0. The molecule has 5 rings (SSSR count). The molecule has 0 atom stereocenters. The third-order valence-corrected chi connectivity index (χ3v) is 5.37. The van der Waals surface area contributed by atoms with Crippen molar-refractivity contribution in [2.24, 2.45) is 7.05 Å². The second-order valence-corrected chi connectivity index (χ2v) is 7.04. The number of aryl methyl sites for hydroxylation is 2. The summed E-state index contributed by atoms with van der Waals surface area (Å²) in [4.78, 5) is 0. The molecule has 0 spiro atoms. The molecule has 130 valence electrons. The van der Waals surface area contributed by atoms with Gasteiger partial charge in [0.05, 0.1) is 22.3 Å². The Bertz CT molecular complexity index is 1290. The lowest BCUT2D eigenvalue weighted by Gasteiger charge is -2.13. The first-order valence-electron chi connectivity index (χ1n) is 9.29. The normalized spacial score (nSPS) is 11.3. The Labute approximate surface area is 158 Å². The number of hydrogen-bond acceptors (Lipinski definition) is 0. The fourth-order valence-corrected chi connectivity index (χ4v) is 4.13. The van der Waals surface area contributed by atoms with Crippen LogP contribution in [0.5, 0.6) is 0 Å². The van der Waals surface area contributed by atoms with Crippen molar-refractivity contribution in [3.63, 3.8) is 0 Å². The van der Waals surface area contributed by atoms with E-state index in [-0.39, 0.29) is 0 Å². The van der Waals surface area contributed by atoms with Gasteiger partial charge in [-0.05, 0) is 36.8 Å². The van der Waals surface area contributed by atoms with Gasteiger partial charge in [0.25, 0.3) is 0 Å². The molecule has 0 aliphatic rings. The number of nitrogens with zero attached hydrogens (tertiary/aromatic N) is 2. The van der Waals surface area contributed by atoms with Crippen molar-refractivity contribution in [3.8, 4) is 16.9 Å². The average molecular weight is 349 g/mol. The van der Waals surface area contributed by atoms with Gasteiger partial charge in [-0.2, -0.15) is 0 Å². The van der Waals surface area contributed by atoms with E-state index in [0.29, 0.717) is 0 Å². The molecule has 2 aromatic heterocycles. The first-order chi connectivity index (χ1) is 13.3. The number of aromatic nitrogens is 2. The number of hydrogen-bond donors (Lipinski definition) is 0. The van der Waals surface area contributed by atoms with E-state index < -0.39 is 0 Å². The summed E-state index contributed by atoms with van der Waals surface area (Å²) in [6, 6.07) is 30.3. The lowest BCUT2D eigenvalue weighted by Crippen LogP contribution is -2.30. The molecule has 0 saturated carbocycles. The predicted octanol–water partition coefficient (Wildman–Crippen LogP) is 5.58. The number of para-hydroxylation sites is 3. The van der Waals surface area contributed by atoms with Crippen molar-refractivity contribution in [2.75, 3.05) is 0 Å². The highest BCUT2D eigenvalue weighted by Crippen LogP contribution is 2.36. The second kappa shape index (κ2) is 6.10. The van der Waals surface area contributed by atoms with Crippen LogP contribution in [0.2, 0.25) is 0 Å². The van der Waals surface area contributed by atoms with E-state index in [1.807, 2.05) is 0 Å². The largest absolute Gasteiger partial charge is 0.308 e. The molecule has 0 N–H and O–H groups in total. The van der Waals surface area contributed by atoms with Crippen LogP contribution < -0.4 is 4.57 Å². The predicted molar refractivity (Wildman–Crippen MR) is 112 cm³/mol. The van der Waals surface area contributed by atoms with Gasteiger partial charge in [0.1, 0.15) is 7.05 Å². The number of fused-ring (bicyclic) bond motifs is 3. The van der Waals surface area contributed by atoms with Crippen LogP contribution >= 0.6 is 0 Å². The molecule has 2 heterocycles. The van der Waals surface area contributed by atoms with E-state index in [2.05, 4.69) is 114 Å². The smallest absolute Gasteiger partial charge is 0.214 e. The second-order valence-electron chi connectivity index (χ2n) is 7.04. The summed E-state index contributed by atoms with van der Waals surface area (Å²) in [6.45, 7) is 2.20. The Kier molecular flexibility index (Phi) is 3.58. The number of rotatable bonds is 2. The van der Waals surface area contributed by atoms with Crippen molar-refractivity contribution in [1.29, 1.82) is 0 Å². The van der Waals surface area contributed by atoms with Gasteiger partial charge < -0.3 is 4.57 Å². The fourth-order valence-electron chi connectivity index (χ4n) is 4.13. The minimum Gasteiger partial charge on any atom is -0.308 e. The molecule has 3 aromatic carbocycles. The monoisotopic (exact) mass is 349 g/mol. The van der Waals surface area contributed by atoms with E-state index in [9.17, 15) is 0 Å². The van der Waals surface area contributed by atoms with Crippen LogP contribution in [0.25, 0.3) is 38.8 Å². The van der Waals surface area contributed by atoms with Gasteiger partial charge >= 0.3 is 0 Å². The fraction of sp³-hybridized carbons (Fsp3) is 0.0800. The van der Waals surface area contributed by atoms with Crippen molar-refractivity contribution in [1.82, 2.24) is 4.57 Å². The summed E-state index contributed by atoms with van der Waals surface area (Å²) in [5.41, 5.74) is 7.45. The van der Waals surface area contributed by atoms with E-state index in [4.69, 9.17) is 0 Å². The molecule has 0 aliphatic carbocycles. The van der Waals surface area contributed by atoms with E-state index >= 15 is 0 Å². The van der Waals surface area contributed by atoms with E-state index in [0.717, 1.165) is 0 Å². The standard InChI is InChI=1S/C25H21N2/c1-18-10-9-13-20-19-11-3-5-15-23(19)27(25(18)20)24-16-6-4-12-21(24)22-14-7-8-17-26(22)2/h3-17H,1-2H3/q+1. The third-order valence-electron chi connectivity index (χ3n) is 5.37. The zero-order valence-electron chi connectivity index (χ0n) is 15.6. The van der Waals surface area contributed by atoms with Gasteiger partial charge in [0.15, 0.2) is 6.20 Å². The summed E-state index contributed by atoms with van der Waals surface area (Å²) in [6.07, 6.45) is 2.10. The SMILES string of the molecule is Cc1cccc2c3ccccc3n(-c3ccccc3-c3cccc[n+]3C)c12. The zero-order valence-corrected chi connectivity index (χ0v) is 15.6. The molecule has 0 saturated heterocycles. The lowest BCUT2D eigenvalue weighted by molar-refractivity contribution is -0.660. The van der Waals surface area contributed by atoms with Crippen molar-refractivity contribution >= 4 is 21.8 Å². The summed E-state index contributed by atoms with van der Waals surface area (Å²) in [5.74, 6) is 0. The molecular formula is C25H21N2+. The molecule has 0 radical (unpaired) electrons. The van der Waals surface area contributed by atoms with Crippen molar-refractivity contribution in [2.45, 2.75) is 6.92 Å². The summed E-state index contributed by atoms with van der Waals surface area (Å²) in [5, 5.41) is 2.60. The minimum atomic E-state index is 1.20.